The maximum absolute atomic E-state index is 13.6. The van der Waals surface area contributed by atoms with E-state index in [1.54, 1.807) is 18.2 Å². The van der Waals surface area contributed by atoms with Crippen LogP contribution in [-0.2, 0) is 0 Å². The Labute approximate surface area is 129 Å². The highest BCUT2D eigenvalue weighted by molar-refractivity contribution is 9.10. The van der Waals surface area contributed by atoms with Crippen molar-refractivity contribution in [3.8, 4) is 5.75 Å². The molecule has 2 rings (SSSR count). The number of para-hydroxylation sites is 1. The molecule has 1 amide bonds. The second-order valence-electron chi connectivity index (χ2n) is 4.16. The summed E-state index contributed by atoms with van der Waals surface area (Å²) in [5.74, 6) is -1.52. The first kappa shape index (κ1) is 15.4. The predicted octanol–water partition coefficient (Wildman–Crippen LogP) is 3.54. The van der Waals surface area contributed by atoms with Crippen LogP contribution in [0.4, 0.5) is 8.78 Å². The van der Waals surface area contributed by atoms with Crippen LogP contribution in [-0.4, -0.2) is 19.1 Å². The van der Waals surface area contributed by atoms with Crippen molar-refractivity contribution < 1.29 is 18.3 Å². The number of nitrogens with one attached hydrogen (secondary N) is 1. The van der Waals surface area contributed by atoms with Crippen molar-refractivity contribution in [2.24, 2.45) is 0 Å². The minimum absolute atomic E-state index is 0.0518. The summed E-state index contributed by atoms with van der Waals surface area (Å²) in [4.78, 5) is 11.8. The first-order valence-corrected chi connectivity index (χ1v) is 6.98. The molecule has 110 valence electrons. The molecule has 0 fully saturated rings. The molecule has 0 unspecified atom stereocenters. The molecule has 0 aliphatic heterocycles. The van der Waals surface area contributed by atoms with Gasteiger partial charge in [0, 0.05) is 4.47 Å². The molecule has 0 spiro atoms. The van der Waals surface area contributed by atoms with E-state index in [4.69, 9.17) is 4.74 Å². The Morgan fingerprint density at radius 2 is 1.90 bits per heavy atom. The van der Waals surface area contributed by atoms with Crippen LogP contribution in [0.1, 0.15) is 10.4 Å². The largest absolute Gasteiger partial charge is 0.489 e. The third kappa shape index (κ3) is 4.26. The van der Waals surface area contributed by atoms with Crippen molar-refractivity contribution in [1.29, 1.82) is 0 Å². The first-order chi connectivity index (χ1) is 10.1. The summed E-state index contributed by atoms with van der Waals surface area (Å²) in [6, 6.07) is 10.1. The molecule has 3 nitrogen and oxygen atoms in total. The fourth-order valence-corrected chi connectivity index (χ4v) is 1.99. The Kier molecular flexibility index (Phi) is 5.27. The van der Waals surface area contributed by atoms with Crippen LogP contribution in [0.2, 0.25) is 0 Å². The van der Waals surface area contributed by atoms with Crippen molar-refractivity contribution in [2.45, 2.75) is 0 Å². The van der Waals surface area contributed by atoms with E-state index in [9.17, 15) is 13.6 Å². The van der Waals surface area contributed by atoms with Crippen LogP contribution in [0.15, 0.2) is 46.9 Å². The average molecular weight is 356 g/mol. The molecule has 0 saturated heterocycles. The number of hydrogen-bond donors (Lipinski definition) is 1. The number of carbonyl (C=O) groups is 1. The second-order valence-corrected chi connectivity index (χ2v) is 5.07. The fourth-order valence-electron chi connectivity index (χ4n) is 1.66. The van der Waals surface area contributed by atoms with Crippen LogP contribution >= 0.6 is 15.9 Å². The lowest BCUT2D eigenvalue weighted by molar-refractivity contribution is 0.0942. The Morgan fingerprint density at radius 3 is 2.62 bits per heavy atom. The number of rotatable bonds is 5. The van der Waals surface area contributed by atoms with Crippen LogP contribution in [0.5, 0.6) is 5.75 Å². The predicted molar refractivity (Wildman–Crippen MR) is 78.3 cm³/mol. The highest BCUT2D eigenvalue weighted by Crippen LogP contribution is 2.16. The number of ether oxygens (including phenoxy) is 1. The molecule has 0 radical (unpaired) electrons. The molecule has 1 N–H and O–H groups in total. The summed E-state index contributed by atoms with van der Waals surface area (Å²) in [6.45, 7) is 0.230. The molecule has 0 aliphatic rings. The summed E-state index contributed by atoms with van der Waals surface area (Å²) in [7, 11) is 0. The van der Waals surface area contributed by atoms with Crippen LogP contribution < -0.4 is 10.1 Å². The summed E-state index contributed by atoms with van der Waals surface area (Å²) in [6.07, 6.45) is 0. The van der Waals surface area contributed by atoms with Gasteiger partial charge in [0.2, 0.25) is 0 Å². The molecule has 21 heavy (non-hydrogen) atoms. The maximum atomic E-state index is 13.6. The van der Waals surface area contributed by atoms with Gasteiger partial charge in [0.1, 0.15) is 12.4 Å². The second kappa shape index (κ2) is 7.17. The lowest BCUT2D eigenvalue weighted by Gasteiger charge is -2.09. The zero-order valence-electron chi connectivity index (χ0n) is 10.9. The minimum atomic E-state index is -0.614. The van der Waals surface area contributed by atoms with Gasteiger partial charge in [-0.3, -0.25) is 4.79 Å². The van der Waals surface area contributed by atoms with Gasteiger partial charge in [-0.05, 0) is 30.3 Å². The van der Waals surface area contributed by atoms with Crippen molar-refractivity contribution in [3.05, 3.63) is 64.1 Å². The fraction of sp³-hybridized carbons (Fsp3) is 0.133. The Hall–Kier alpha value is -1.95. The van der Waals surface area contributed by atoms with Crippen molar-refractivity contribution >= 4 is 21.8 Å². The van der Waals surface area contributed by atoms with E-state index >= 15 is 0 Å². The smallest absolute Gasteiger partial charge is 0.254 e. The lowest BCUT2D eigenvalue weighted by Crippen LogP contribution is -2.28. The van der Waals surface area contributed by atoms with Crippen LogP contribution in [0, 0.1) is 11.6 Å². The number of benzene rings is 2. The highest BCUT2D eigenvalue weighted by Gasteiger charge is 2.11. The lowest BCUT2D eigenvalue weighted by atomic mass is 10.2. The van der Waals surface area contributed by atoms with Crippen LogP contribution in [0.25, 0.3) is 0 Å². The van der Waals surface area contributed by atoms with E-state index < -0.39 is 17.5 Å². The van der Waals surface area contributed by atoms with Gasteiger partial charge in [-0.15, -0.1) is 0 Å². The monoisotopic (exact) mass is 355 g/mol. The Morgan fingerprint density at radius 1 is 1.14 bits per heavy atom. The topological polar surface area (TPSA) is 38.3 Å². The molecular formula is C15H12BrF2NO2. The molecule has 2 aromatic rings. The molecule has 0 saturated carbocycles. The quantitative estimate of drug-likeness (QED) is 0.833. The minimum Gasteiger partial charge on any atom is -0.489 e. The summed E-state index contributed by atoms with van der Waals surface area (Å²) >= 11 is 3.11. The third-order valence-corrected chi connectivity index (χ3v) is 3.15. The van der Waals surface area contributed by atoms with Gasteiger partial charge in [0.05, 0.1) is 12.1 Å². The van der Waals surface area contributed by atoms with E-state index in [2.05, 4.69) is 21.2 Å². The van der Waals surface area contributed by atoms with Gasteiger partial charge in [0.15, 0.2) is 11.6 Å². The number of carbonyl (C=O) groups excluding carboxylic acids is 1. The van der Waals surface area contributed by atoms with Gasteiger partial charge in [-0.25, -0.2) is 8.78 Å². The van der Waals surface area contributed by atoms with E-state index in [0.717, 1.165) is 0 Å². The standard InChI is InChI=1S/C15H12BrF2NO2/c16-10-5-6-11(13(18)9-10)15(20)19-7-8-21-14-4-2-1-3-12(14)17/h1-6,9H,7-8H2,(H,19,20). The summed E-state index contributed by atoms with van der Waals surface area (Å²) in [5.41, 5.74) is -0.0518. The van der Waals surface area contributed by atoms with E-state index in [-0.39, 0.29) is 24.5 Å². The Bertz CT molecular complexity index is 649. The summed E-state index contributed by atoms with van der Waals surface area (Å²) in [5, 5.41) is 2.51. The molecule has 0 aliphatic carbocycles. The summed E-state index contributed by atoms with van der Waals surface area (Å²) < 4.78 is 32.6. The van der Waals surface area contributed by atoms with Gasteiger partial charge in [0.25, 0.3) is 5.91 Å². The number of amides is 1. The Balaban J connectivity index is 1.83. The molecule has 0 aromatic heterocycles. The SMILES string of the molecule is O=C(NCCOc1ccccc1F)c1ccc(Br)cc1F. The van der Waals surface area contributed by atoms with Gasteiger partial charge >= 0.3 is 0 Å². The molecule has 0 atom stereocenters. The number of halogens is 3. The van der Waals surface area contributed by atoms with E-state index in [1.165, 1.54) is 24.3 Å². The van der Waals surface area contributed by atoms with E-state index in [1.807, 2.05) is 0 Å². The highest BCUT2D eigenvalue weighted by atomic mass is 79.9. The zero-order chi connectivity index (χ0) is 15.2. The zero-order valence-corrected chi connectivity index (χ0v) is 12.5. The van der Waals surface area contributed by atoms with Gasteiger partial charge in [-0.1, -0.05) is 28.1 Å². The van der Waals surface area contributed by atoms with Gasteiger partial charge in [-0.2, -0.15) is 0 Å². The molecular weight excluding hydrogens is 344 g/mol. The van der Waals surface area contributed by atoms with Crippen LogP contribution in [0.3, 0.4) is 0 Å². The molecule has 6 heteroatoms. The van der Waals surface area contributed by atoms with Gasteiger partial charge < -0.3 is 10.1 Å². The average Bonchev–Trinajstić information content (AvgIpc) is 2.45. The third-order valence-electron chi connectivity index (χ3n) is 2.66. The molecule has 0 bridgehead atoms. The molecule has 2 aromatic carbocycles. The van der Waals surface area contributed by atoms with Crippen molar-refractivity contribution in [1.82, 2.24) is 5.32 Å². The first-order valence-electron chi connectivity index (χ1n) is 6.18. The molecule has 0 heterocycles. The van der Waals surface area contributed by atoms with E-state index in [0.29, 0.717) is 4.47 Å². The number of hydrogen-bond acceptors (Lipinski definition) is 2. The van der Waals surface area contributed by atoms with Crippen molar-refractivity contribution in [3.63, 3.8) is 0 Å². The normalized spacial score (nSPS) is 10.2. The van der Waals surface area contributed by atoms with Crippen molar-refractivity contribution in [2.75, 3.05) is 13.2 Å². The maximum Gasteiger partial charge on any atom is 0.254 e.